The van der Waals surface area contributed by atoms with Crippen LogP contribution in [-0.2, 0) is 24.9 Å². The molecule has 190 valence electrons. The van der Waals surface area contributed by atoms with Crippen molar-refractivity contribution in [2.75, 3.05) is 26.4 Å². The number of hydrogen-bond donors (Lipinski definition) is 2. The number of nitrogens with zero attached hydrogens (tertiary/aromatic N) is 1. The highest BCUT2D eigenvalue weighted by molar-refractivity contribution is 7.47. The highest BCUT2D eigenvalue weighted by atomic mass is 31.2. The van der Waals surface area contributed by atoms with Gasteiger partial charge in [0, 0.05) is 25.1 Å². The summed E-state index contributed by atoms with van der Waals surface area (Å²) in [7, 11) is -4.11. The molecule has 0 fully saturated rings. The zero-order chi connectivity index (χ0) is 24.0. The molecule has 1 aromatic rings. The Morgan fingerprint density at radius 2 is 1.39 bits per heavy atom. The van der Waals surface area contributed by atoms with Crippen molar-refractivity contribution >= 4 is 13.9 Å². The van der Waals surface area contributed by atoms with Crippen molar-refractivity contribution in [3.63, 3.8) is 0 Å². The van der Waals surface area contributed by atoms with Gasteiger partial charge in [-0.2, -0.15) is 0 Å². The highest BCUT2D eigenvalue weighted by Gasteiger charge is 2.21. The first-order valence-electron chi connectivity index (χ1n) is 12.5. The van der Waals surface area contributed by atoms with Crippen molar-refractivity contribution in [3.05, 3.63) is 30.6 Å². The molecule has 0 radical (unpaired) electrons. The molecule has 8 nitrogen and oxygen atoms in total. The van der Waals surface area contributed by atoms with Crippen LogP contribution in [0.15, 0.2) is 30.6 Å². The lowest BCUT2D eigenvalue weighted by atomic mass is 10.1. The molecule has 2 N–H and O–H groups in total. The predicted molar refractivity (Wildman–Crippen MR) is 129 cm³/mol. The SMILES string of the molecule is CCCCCCCCCCCCCNC(=O)OCCCOP(=O)(O)OCC[n+]1ccccc1. The number of amides is 1. The number of unbranched alkanes of at least 4 members (excludes halogenated alkanes) is 10. The van der Waals surface area contributed by atoms with E-state index in [0.717, 1.165) is 12.8 Å². The maximum absolute atomic E-state index is 11.8. The Balaban J connectivity index is 1.88. The quantitative estimate of drug-likeness (QED) is 0.134. The van der Waals surface area contributed by atoms with Crippen LogP contribution in [0.2, 0.25) is 0 Å². The fourth-order valence-electron chi connectivity index (χ4n) is 3.32. The van der Waals surface area contributed by atoms with E-state index in [1.54, 1.807) is 0 Å². The largest absolute Gasteiger partial charge is 0.472 e. The molecule has 0 saturated carbocycles. The lowest BCUT2D eigenvalue weighted by Gasteiger charge is -2.11. The lowest BCUT2D eigenvalue weighted by molar-refractivity contribution is -0.697. The van der Waals surface area contributed by atoms with E-state index < -0.39 is 13.9 Å². The Kier molecular flexibility index (Phi) is 17.9. The van der Waals surface area contributed by atoms with Gasteiger partial charge in [-0.1, -0.05) is 77.2 Å². The van der Waals surface area contributed by atoms with Crippen LogP contribution in [0.1, 0.15) is 84.0 Å². The second kappa shape index (κ2) is 20.0. The molecule has 0 spiro atoms. The number of phosphoric ester groups is 1. The maximum atomic E-state index is 11.8. The second-order valence-electron chi connectivity index (χ2n) is 8.20. The summed E-state index contributed by atoms with van der Waals surface area (Å²) in [6, 6.07) is 5.62. The number of phosphoric acid groups is 1. The standard InChI is InChI=1S/C24H43N2O6P/c1-2-3-4-5-6-7-8-9-10-11-13-17-25-24(27)30-21-16-22-31-33(28,29)32-23-20-26-18-14-12-15-19-26/h12,14-15,18-19H,2-11,13,16-17,20-23H2,1H3,(H-,25,27,28,29)/p+1. The van der Waals surface area contributed by atoms with E-state index >= 15 is 0 Å². The van der Waals surface area contributed by atoms with Crippen molar-refractivity contribution in [2.45, 2.75) is 90.5 Å². The summed E-state index contributed by atoms with van der Waals surface area (Å²) in [5.74, 6) is 0. The van der Waals surface area contributed by atoms with E-state index in [2.05, 4.69) is 12.2 Å². The molecule has 0 bridgehead atoms. The first-order chi connectivity index (χ1) is 16.0. The van der Waals surface area contributed by atoms with Gasteiger partial charge < -0.3 is 14.9 Å². The monoisotopic (exact) mass is 487 g/mol. The molecule has 1 unspecified atom stereocenters. The van der Waals surface area contributed by atoms with Gasteiger partial charge in [0.05, 0.1) is 13.2 Å². The van der Waals surface area contributed by atoms with Gasteiger partial charge in [0.2, 0.25) is 0 Å². The molecule has 0 aliphatic heterocycles. The smallest absolute Gasteiger partial charge is 0.449 e. The average molecular weight is 488 g/mol. The first kappa shape index (κ1) is 29.6. The van der Waals surface area contributed by atoms with Gasteiger partial charge in [0.15, 0.2) is 18.9 Å². The zero-order valence-corrected chi connectivity index (χ0v) is 21.2. The van der Waals surface area contributed by atoms with Crippen LogP contribution < -0.4 is 9.88 Å². The Labute approximate surface area is 199 Å². The van der Waals surface area contributed by atoms with E-state index in [-0.39, 0.29) is 19.8 Å². The summed E-state index contributed by atoms with van der Waals surface area (Å²) in [6.45, 7) is 3.43. The Bertz CT molecular complexity index is 647. The normalized spacial score (nSPS) is 12.9. The molecule has 1 atom stereocenters. The molecule has 1 heterocycles. The summed E-state index contributed by atoms with van der Waals surface area (Å²) in [4.78, 5) is 21.3. The Hall–Kier alpha value is -1.47. The number of alkyl carbamates (subject to hydrolysis) is 1. The van der Waals surface area contributed by atoms with Gasteiger partial charge in [-0.3, -0.25) is 9.05 Å². The van der Waals surface area contributed by atoms with Crippen LogP contribution in [-0.4, -0.2) is 37.4 Å². The van der Waals surface area contributed by atoms with Gasteiger partial charge in [-0.05, 0) is 6.42 Å². The van der Waals surface area contributed by atoms with Crippen LogP contribution >= 0.6 is 7.82 Å². The van der Waals surface area contributed by atoms with E-state index in [4.69, 9.17) is 13.8 Å². The zero-order valence-electron chi connectivity index (χ0n) is 20.3. The second-order valence-corrected chi connectivity index (χ2v) is 9.65. The fraction of sp³-hybridized carbons (Fsp3) is 0.750. The average Bonchev–Trinajstić information content (AvgIpc) is 2.80. The number of hydrogen-bond acceptors (Lipinski definition) is 5. The minimum Gasteiger partial charge on any atom is -0.449 e. The van der Waals surface area contributed by atoms with Gasteiger partial charge >= 0.3 is 13.9 Å². The van der Waals surface area contributed by atoms with Crippen molar-refractivity contribution in [3.8, 4) is 0 Å². The first-order valence-corrected chi connectivity index (χ1v) is 14.0. The van der Waals surface area contributed by atoms with E-state index in [1.807, 2.05) is 35.2 Å². The third-order valence-corrected chi connectivity index (χ3v) is 6.22. The summed E-state index contributed by atoms with van der Waals surface area (Å²) in [5.41, 5.74) is 0. The third kappa shape index (κ3) is 18.6. The number of pyridine rings is 1. The van der Waals surface area contributed by atoms with Crippen LogP contribution in [0.5, 0.6) is 0 Å². The van der Waals surface area contributed by atoms with Crippen LogP contribution in [0.3, 0.4) is 0 Å². The summed E-state index contributed by atoms with van der Waals surface area (Å²) < 4.78 is 28.5. The number of nitrogens with one attached hydrogen (secondary N) is 1. The molecule has 1 aromatic heterocycles. The van der Waals surface area contributed by atoms with Crippen LogP contribution in [0.4, 0.5) is 4.79 Å². The fourth-order valence-corrected chi connectivity index (χ4v) is 4.06. The van der Waals surface area contributed by atoms with Crippen LogP contribution in [0, 0.1) is 0 Å². The lowest BCUT2D eigenvalue weighted by Crippen LogP contribution is -2.34. The molecule has 0 saturated heterocycles. The number of rotatable bonds is 21. The summed E-state index contributed by atoms with van der Waals surface area (Å²) in [6.07, 6.45) is 17.4. The topological polar surface area (TPSA) is 98.0 Å². The van der Waals surface area contributed by atoms with Crippen molar-refractivity contribution < 1.29 is 32.6 Å². The van der Waals surface area contributed by atoms with E-state index in [0.29, 0.717) is 19.5 Å². The molecular formula is C24H44N2O6P+. The molecule has 1 rings (SSSR count). The van der Waals surface area contributed by atoms with Crippen molar-refractivity contribution in [1.82, 2.24) is 5.32 Å². The third-order valence-electron chi connectivity index (χ3n) is 5.21. The van der Waals surface area contributed by atoms with Gasteiger partial charge in [-0.15, -0.1) is 0 Å². The van der Waals surface area contributed by atoms with Crippen molar-refractivity contribution in [2.24, 2.45) is 0 Å². The molecule has 0 aromatic carbocycles. The maximum Gasteiger partial charge on any atom is 0.472 e. The highest BCUT2D eigenvalue weighted by Crippen LogP contribution is 2.42. The molecule has 9 heteroatoms. The van der Waals surface area contributed by atoms with Crippen LogP contribution in [0.25, 0.3) is 0 Å². The van der Waals surface area contributed by atoms with Gasteiger partial charge in [-0.25, -0.2) is 13.9 Å². The molecule has 0 aliphatic carbocycles. The molecule has 33 heavy (non-hydrogen) atoms. The molecule has 0 aliphatic rings. The van der Waals surface area contributed by atoms with Crippen molar-refractivity contribution in [1.29, 1.82) is 0 Å². The van der Waals surface area contributed by atoms with E-state index in [9.17, 15) is 14.3 Å². The van der Waals surface area contributed by atoms with E-state index in [1.165, 1.54) is 57.8 Å². The van der Waals surface area contributed by atoms with Gasteiger partial charge in [0.1, 0.15) is 6.61 Å². The Morgan fingerprint density at radius 3 is 2.03 bits per heavy atom. The number of carbonyl (C=O) groups excluding carboxylic acids is 1. The summed E-state index contributed by atoms with van der Waals surface area (Å²) in [5, 5.41) is 2.73. The molecular weight excluding hydrogens is 443 g/mol. The minimum absolute atomic E-state index is 0.0296. The minimum atomic E-state index is -4.11. The predicted octanol–water partition coefficient (Wildman–Crippen LogP) is 5.54. The molecule has 1 amide bonds. The number of aromatic nitrogens is 1. The number of ether oxygens (including phenoxy) is 1. The number of carbonyl (C=O) groups is 1. The summed E-state index contributed by atoms with van der Waals surface area (Å²) >= 11 is 0. The van der Waals surface area contributed by atoms with Gasteiger partial charge in [0.25, 0.3) is 0 Å². The Morgan fingerprint density at radius 1 is 0.818 bits per heavy atom.